The van der Waals surface area contributed by atoms with E-state index in [0.29, 0.717) is 41.1 Å². The topological polar surface area (TPSA) is 116 Å². The van der Waals surface area contributed by atoms with E-state index in [9.17, 15) is 9.59 Å². The molecule has 0 atom stereocenters. The van der Waals surface area contributed by atoms with E-state index < -0.39 is 11.2 Å². The van der Waals surface area contributed by atoms with Gasteiger partial charge in [0.15, 0.2) is 0 Å². The summed E-state index contributed by atoms with van der Waals surface area (Å²) in [6.07, 6.45) is 0.302. The lowest BCUT2D eigenvalue weighted by Gasteiger charge is -2.26. The fraction of sp³-hybridized carbons (Fsp3) is 0.484. The van der Waals surface area contributed by atoms with Crippen LogP contribution in [-0.2, 0) is 19.1 Å². The second kappa shape index (κ2) is 14.0. The molecule has 0 radical (unpaired) electrons. The van der Waals surface area contributed by atoms with Gasteiger partial charge in [-0.2, -0.15) is 4.98 Å². The summed E-state index contributed by atoms with van der Waals surface area (Å²) in [5, 5.41) is 6.36. The fourth-order valence-electron chi connectivity index (χ4n) is 3.78. The van der Waals surface area contributed by atoms with Gasteiger partial charge in [0.05, 0.1) is 24.0 Å². The minimum Gasteiger partial charge on any atom is -0.489 e. The molecule has 0 unspecified atom stereocenters. The largest absolute Gasteiger partial charge is 0.489 e. The van der Waals surface area contributed by atoms with Crippen LogP contribution < -0.4 is 10.2 Å². The molecule has 0 aliphatic heterocycles. The van der Waals surface area contributed by atoms with Crippen LogP contribution in [0.15, 0.2) is 47.0 Å². The molecule has 11 heteroatoms. The van der Waals surface area contributed by atoms with Crippen molar-refractivity contribution >= 4 is 29.2 Å². The molecule has 228 valence electrons. The van der Waals surface area contributed by atoms with E-state index in [0.717, 1.165) is 11.3 Å². The van der Waals surface area contributed by atoms with Gasteiger partial charge in [0.1, 0.15) is 17.0 Å². The van der Waals surface area contributed by atoms with Gasteiger partial charge >= 0.3 is 11.9 Å². The monoisotopic (exact) mass is 600 g/mol. The van der Waals surface area contributed by atoms with Crippen LogP contribution >= 0.6 is 11.6 Å². The second-order valence-electron chi connectivity index (χ2n) is 12.1. The number of hydrogen-bond donors (Lipinski definition) is 1. The molecule has 3 rings (SSSR count). The average Bonchev–Trinajstić information content (AvgIpc) is 3.35. The molecule has 0 spiro atoms. The van der Waals surface area contributed by atoms with Crippen molar-refractivity contribution in [2.45, 2.75) is 85.5 Å². The average molecular weight is 601 g/mol. The summed E-state index contributed by atoms with van der Waals surface area (Å²) in [7, 11) is 0. The van der Waals surface area contributed by atoms with Crippen molar-refractivity contribution in [3.8, 4) is 28.6 Å². The molecular formula is C31H41ClN4O6. The Morgan fingerprint density at radius 2 is 1.45 bits per heavy atom. The summed E-state index contributed by atoms with van der Waals surface area (Å²) in [4.78, 5) is 29.2. The third-order valence-electron chi connectivity index (χ3n) is 5.41. The maximum Gasteiger partial charge on any atom is 0.307 e. The number of carbonyl (C=O) groups is 2. The van der Waals surface area contributed by atoms with Crippen molar-refractivity contribution in [3.05, 3.63) is 47.5 Å². The Balaban J connectivity index is 1.68. The number of nitrogens with one attached hydrogen (secondary N) is 1. The SMILES string of the molecule is CC(C)Oc1ccc(-c2noc(-c3ccc(NN(CCC(=O)OC(C)(C)C)CCC(=O)OC(C)(C)C)cc3)n2)cc1Cl. The number of rotatable bonds is 12. The van der Waals surface area contributed by atoms with Crippen molar-refractivity contribution < 1.29 is 28.3 Å². The van der Waals surface area contributed by atoms with Crippen molar-refractivity contribution in [3.63, 3.8) is 0 Å². The highest BCUT2D eigenvalue weighted by Gasteiger charge is 2.20. The molecule has 0 saturated carbocycles. The van der Waals surface area contributed by atoms with Crippen LogP contribution in [0.2, 0.25) is 5.02 Å². The van der Waals surface area contributed by atoms with Gasteiger partial charge in [0.25, 0.3) is 5.89 Å². The maximum absolute atomic E-state index is 12.3. The first-order valence-corrected chi connectivity index (χ1v) is 14.3. The molecule has 0 fully saturated rings. The number of anilines is 1. The standard InChI is InChI=1S/C31H41ClN4O6/c1-20(2)39-25-14-11-22(19-24(25)32)28-33-29(42-35-28)21-9-12-23(13-10-21)34-36(17-15-26(37)40-30(3,4)5)18-16-27(38)41-31(6,7)8/h9-14,19-20,34H,15-18H2,1-8H3. The first-order valence-electron chi connectivity index (χ1n) is 13.9. The molecular weight excluding hydrogens is 560 g/mol. The molecule has 10 nitrogen and oxygen atoms in total. The van der Waals surface area contributed by atoms with Gasteiger partial charge < -0.3 is 24.2 Å². The number of carbonyl (C=O) groups excluding carboxylic acids is 2. The van der Waals surface area contributed by atoms with Gasteiger partial charge in [0, 0.05) is 29.9 Å². The van der Waals surface area contributed by atoms with E-state index >= 15 is 0 Å². The zero-order chi connectivity index (χ0) is 31.1. The van der Waals surface area contributed by atoms with E-state index in [-0.39, 0.29) is 30.9 Å². The molecule has 1 heterocycles. The smallest absolute Gasteiger partial charge is 0.307 e. The van der Waals surface area contributed by atoms with Crippen LogP contribution in [0.25, 0.3) is 22.8 Å². The number of hydrazine groups is 1. The quantitative estimate of drug-likeness (QED) is 0.173. The Morgan fingerprint density at radius 1 is 0.905 bits per heavy atom. The van der Waals surface area contributed by atoms with Crippen molar-refractivity contribution in [2.75, 3.05) is 18.5 Å². The lowest BCUT2D eigenvalue weighted by Crippen LogP contribution is -2.36. The first kappa shape index (κ1) is 32.9. The summed E-state index contributed by atoms with van der Waals surface area (Å²) >= 11 is 6.37. The van der Waals surface area contributed by atoms with Gasteiger partial charge in [0.2, 0.25) is 5.82 Å². The Hall–Kier alpha value is -3.63. The number of aromatic nitrogens is 2. The van der Waals surface area contributed by atoms with Gasteiger partial charge in [-0.25, -0.2) is 5.01 Å². The molecule has 0 saturated heterocycles. The lowest BCUT2D eigenvalue weighted by molar-refractivity contribution is -0.155. The molecule has 0 aliphatic rings. The predicted octanol–water partition coefficient (Wildman–Crippen LogP) is 6.94. The number of ether oxygens (including phenoxy) is 3. The van der Waals surface area contributed by atoms with E-state index in [2.05, 4.69) is 15.6 Å². The molecule has 3 aromatic rings. The zero-order valence-electron chi connectivity index (χ0n) is 25.6. The number of benzene rings is 2. The molecule has 2 aromatic carbocycles. The lowest BCUT2D eigenvalue weighted by atomic mass is 10.2. The van der Waals surface area contributed by atoms with E-state index in [1.54, 1.807) is 17.1 Å². The van der Waals surface area contributed by atoms with Gasteiger partial charge in [-0.3, -0.25) is 9.59 Å². The Labute approximate surface area is 252 Å². The normalized spacial score (nSPS) is 12.0. The minimum atomic E-state index is -0.575. The van der Waals surface area contributed by atoms with Gasteiger partial charge in [-0.05, 0) is 97.9 Å². The summed E-state index contributed by atoms with van der Waals surface area (Å²) in [5.41, 5.74) is 4.30. The van der Waals surface area contributed by atoms with Crippen LogP contribution in [0.5, 0.6) is 5.75 Å². The molecule has 42 heavy (non-hydrogen) atoms. The second-order valence-corrected chi connectivity index (χ2v) is 12.5. The summed E-state index contributed by atoms with van der Waals surface area (Å²) in [6, 6.07) is 12.7. The van der Waals surface area contributed by atoms with Crippen LogP contribution in [0, 0.1) is 0 Å². The van der Waals surface area contributed by atoms with Crippen LogP contribution in [0.4, 0.5) is 5.69 Å². The highest BCUT2D eigenvalue weighted by atomic mass is 35.5. The zero-order valence-corrected chi connectivity index (χ0v) is 26.4. The summed E-state index contributed by atoms with van der Waals surface area (Å²) in [5.74, 6) is 0.700. The highest BCUT2D eigenvalue weighted by Crippen LogP contribution is 2.31. The van der Waals surface area contributed by atoms with E-state index in [1.807, 2.05) is 85.7 Å². The minimum absolute atomic E-state index is 0.00428. The van der Waals surface area contributed by atoms with Gasteiger partial charge in [-0.1, -0.05) is 16.8 Å². The van der Waals surface area contributed by atoms with Crippen molar-refractivity contribution in [1.29, 1.82) is 0 Å². The Morgan fingerprint density at radius 3 is 1.95 bits per heavy atom. The van der Waals surface area contributed by atoms with Crippen LogP contribution in [0.1, 0.15) is 68.2 Å². The van der Waals surface area contributed by atoms with E-state index in [1.165, 1.54) is 0 Å². The Kier molecular flexibility index (Phi) is 11.0. The maximum atomic E-state index is 12.3. The number of halogens is 1. The van der Waals surface area contributed by atoms with Crippen molar-refractivity contribution in [1.82, 2.24) is 15.1 Å². The molecule has 0 bridgehead atoms. The van der Waals surface area contributed by atoms with Crippen LogP contribution in [-0.4, -0.2) is 57.5 Å². The number of esters is 2. The Bertz CT molecular complexity index is 1310. The first-order chi connectivity index (χ1) is 19.6. The van der Waals surface area contributed by atoms with Crippen LogP contribution in [0.3, 0.4) is 0 Å². The molecule has 0 aliphatic carbocycles. The number of hydrogen-bond acceptors (Lipinski definition) is 10. The fourth-order valence-corrected chi connectivity index (χ4v) is 4.00. The van der Waals surface area contributed by atoms with E-state index in [4.69, 9.17) is 30.3 Å². The predicted molar refractivity (Wildman–Crippen MR) is 162 cm³/mol. The summed E-state index contributed by atoms with van der Waals surface area (Å²) < 4.78 is 22.1. The van der Waals surface area contributed by atoms with Gasteiger partial charge in [-0.15, -0.1) is 0 Å². The number of nitrogens with zero attached hydrogens (tertiary/aromatic N) is 3. The molecule has 1 N–H and O–H groups in total. The summed E-state index contributed by atoms with van der Waals surface area (Å²) in [6.45, 7) is 15.5. The third kappa shape index (κ3) is 11.0. The van der Waals surface area contributed by atoms with Crippen molar-refractivity contribution in [2.24, 2.45) is 0 Å². The molecule has 0 amide bonds. The molecule has 1 aromatic heterocycles. The third-order valence-corrected chi connectivity index (χ3v) is 5.70. The highest BCUT2D eigenvalue weighted by molar-refractivity contribution is 6.32.